The molecule has 2 aliphatic rings. The molecule has 0 saturated carbocycles. The number of aliphatic hydroxyl groups excluding tert-OH is 1. The van der Waals surface area contributed by atoms with Gasteiger partial charge in [-0.1, -0.05) is 105 Å². The normalized spacial score (nSPS) is 26.8. The third-order valence-corrected chi connectivity index (χ3v) is 10.2. The number of carbonyl (C=O) groups excluding carboxylic acids is 3. The average molecular weight is 781 g/mol. The molecule has 4 rings (SSSR count). The van der Waals surface area contributed by atoms with Crippen molar-refractivity contribution in [2.75, 3.05) is 7.11 Å². The molecule has 8 atom stereocenters. The van der Waals surface area contributed by atoms with Gasteiger partial charge >= 0.3 is 29.8 Å². The van der Waals surface area contributed by atoms with Crippen molar-refractivity contribution < 1.29 is 68.1 Å². The van der Waals surface area contributed by atoms with Gasteiger partial charge in [-0.3, -0.25) is 9.59 Å². The average Bonchev–Trinajstić information content (AvgIpc) is 3.38. The van der Waals surface area contributed by atoms with Crippen molar-refractivity contribution in [2.24, 2.45) is 5.92 Å². The van der Waals surface area contributed by atoms with Gasteiger partial charge in [-0.2, -0.15) is 0 Å². The fraction of sp³-hybridized carbons (Fsp3) is 0.500. The van der Waals surface area contributed by atoms with Crippen LogP contribution in [0.2, 0.25) is 0 Å². The molecule has 2 aromatic rings. The molecule has 14 heteroatoms. The van der Waals surface area contributed by atoms with Gasteiger partial charge in [0, 0.05) is 19.8 Å². The van der Waals surface area contributed by atoms with E-state index in [-0.39, 0.29) is 25.2 Å². The number of fused-ring (bicyclic) bond motifs is 2. The SMILES string of the molecule is COC(=O)C1O[C@@]2(CCCC(OC(C)=O)C(C)C/C=C/c3ccccc3)O[C@](C(=O)O)([C@H](OC(=O)CCCCCC/C=C/c3ccccc3)[C@@H]2O)C1(O)C(=O)O. The molecule has 304 valence electrons. The van der Waals surface area contributed by atoms with E-state index in [9.17, 15) is 44.4 Å². The van der Waals surface area contributed by atoms with Crippen LogP contribution in [-0.2, 0) is 47.7 Å². The van der Waals surface area contributed by atoms with E-state index in [1.807, 2.05) is 85.8 Å². The number of allylic oxidation sites excluding steroid dienone is 2. The number of methoxy groups -OCH3 is 1. The van der Waals surface area contributed by atoms with Gasteiger partial charge in [0.05, 0.1) is 7.11 Å². The standard InChI is InChI=1S/C42H52O14/c1-28(18-16-24-31-22-13-9-14-23-31)32(53-29(2)43)25-17-27-40-34(45)35(42(56-40,39(49)50)41(51,38(47)48)36(55-40)37(46)52-3)54-33(44)26-15-7-5-4-6-10-19-30-20-11-8-12-21-30/h8-14,16,19-24,28,32,34-36,45,51H,4-7,15,17-18,25-27H2,1-3H3,(H,47,48)(H,49,50)/b19-10+,24-16+/t28?,32?,34-,35+,36?,40-,41?,42-/m0/s1. The molecule has 0 aromatic heterocycles. The van der Waals surface area contributed by atoms with E-state index >= 15 is 0 Å². The Bertz CT molecular complexity index is 1710. The molecule has 14 nitrogen and oxygen atoms in total. The van der Waals surface area contributed by atoms with Crippen molar-refractivity contribution in [3.63, 3.8) is 0 Å². The van der Waals surface area contributed by atoms with Gasteiger partial charge in [-0.15, -0.1) is 0 Å². The lowest BCUT2D eigenvalue weighted by Gasteiger charge is -2.49. The number of benzene rings is 2. The highest BCUT2D eigenvalue weighted by Gasteiger charge is 2.86. The first kappa shape index (κ1) is 43.8. The Labute approximate surface area is 326 Å². The first-order valence-corrected chi connectivity index (χ1v) is 18.8. The molecule has 0 radical (unpaired) electrons. The maximum absolute atomic E-state index is 13.2. The smallest absolute Gasteiger partial charge is 0.344 e. The van der Waals surface area contributed by atoms with Gasteiger partial charge in [0.25, 0.3) is 0 Å². The Balaban J connectivity index is 1.49. The van der Waals surface area contributed by atoms with Gasteiger partial charge in [0.1, 0.15) is 12.2 Å². The molecular weight excluding hydrogens is 728 g/mol. The number of esters is 3. The maximum Gasteiger partial charge on any atom is 0.344 e. The molecule has 2 aromatic carbocycles. The molecule has 0 aliphatic carbocycles. The third-order valence-electron chi connectivity index (χ3n) is 10.2. The van der Waals surface area contributed by atoms with E-state index in [2.05, 4.69) is 6.08 Å². The van der Waals surface area contributed by atoms with E-state index in [4.69, 9.17) is 23.7 Å². The number of hydrogen-bond acceptors (Lipinski definition) is 12. The molecule has 2 bridgehead atoms. The molecule has 2 aliphatic heterocycles. The molecule has 0 spiro atoms. The first-order chi connectivity index (χ1) is 26.7. The topological polar surface area (TPSA) is 212 Å². The van der Waals surface area contributed by atoms with E-state index in [0.717, 1.165) is 37.5 Å². The number of rotatable bonds is 21. The number of hydrogen-bond donors (Lipinski definition) is 4. The summed E-state index contributed by atoms with van der Waals surface area (Å²) in [6.45, 7) is 3.12. The van der Waals surface area contributed by atoms with Crippen LogP contribution in [0.1, 0.15) is 89.2 Å². The molecular formula is C42H52O14. The Morgan fingerprint density at radius 1 is 0.857 bits per heavy atom. The summed E-state index contributed by atoms with van der Waals surface area (Å²) in [6.07, 6.45) is 3.61. The van der Waals surface area contributed by atoms with Gasteiger partial charge in [0.2, 0.25) is 23.1 Å². The van der Waals surface area contributed by atoms with Gasteiger partial charge in [-0.25, -0.2) is 14.4 Å². The summed E-state index contributed by atoms with van der Waals surface area (Å²) in [5.74, 6) is -10.1. The van der Waals surface area contributed by atoms with Crippen LogP contribution in [0.3, 0.4) is 0 Å². The molecule has 0 amide bonds. The van der Waals surface area contributed by atoms with Crippen molar-refractivity contribution >= 4 is 42.0 Å². The van der Waals surface area contributed by atoms with Crippen LogP contribution >= 0.6 is 0 Å². The van der Waals surface area contributed by atoms with Crippen molar-refractivity contribution in [3.05, 3.63) is 83.9 Å². The Kier molecular flexibility index (Phi) is 15.5. The maximum atomic E-state index is 13.2. The summed E-state index contributed by atoms with van der Waals surface area (Å²) in [5, 5.41) is 44.3. The lowest BCUT2D eigenvalue weighted by atomic mass is 9.74. The minimum Gasteiger partial charge on any atom is -0.479 e. The fourth-order valence-corrected chi connectivity index (χ4v) is 7.27. The number of carboxylic acid groups (broad SMARTS) is 2. The number of aliphatic carboxylic acids is 2. The second-order valence-electron chi connectivity index (χ2n) is 14.2. The lowest BCUT2D eigenvalue weighted by molar-refractivity contribution is -0.374. The summed E-state index contributed by atoms with van der Waals surface area (Å²) in [4.78, 5) is 64.1. The van der Waals surface area contributed by atoms with Crippen LogP contribution in [0.4, 0.5) is 0 Å². The number of carbonyl (C=O) groups is 5. The third kappa shape index (κ3) is 9.91. The predicted molar refractivity (Wildman–Crippen MR) is 201 cm³/mol. The molecule has 4 unspecified atom stereocenters. The lowest BCUT2D eigenvalue weighted by Crippen LogP contribution is -2.78. The van der Waals surface area contributed by atoms with Crippen LogP contribution in [0, 0.1) is 5.92 Å². The van der Waals surface area contributed by atoms with Crippen molar-refractivity contribution in [1.29, 1.82) is 0 Å². The summed E-state index contributed by atoms with van der Waals surface area (Å²) in [6, 6.07) is 19.4. The zero-order valence-corrected chi connectivity index (χ0v) is 31.9. The van der Waals surface area contributed by atoms with E-state index in [0.29, 0.717) is 19.3 Å². The second kappa shape index (κ2) is 19.8. The van der Waals surface area contributed by atoms with Crippen molar-refractivity contribution in [2.45, 2.75) is 119 Å². The van der Waals surface area contributed by atoms with Crippen LogP contribution in [0.25, 0.3) is 12.2 Å². The highest BCUT2D eigenvalue weighted by Crippen LogP contribution is 2.56. The van der Waals surface area contributed by atoms with Gasteiger partial charge in [0.15, 0.2) is 6.10 Å². The molecule has 2 fully saturated rings. The van der Waals surface area contributed by atoms with E-state index < -0.39 is 77.7 Å². The highest BCUT2D eigenvalue weighted by molar-refractivity contribution is 5.98. The number of aliphatic hydroxyl groups is 2. The van der Waals surface area contributed by atoms with Crippen molar-refractivity contribution in [3.8, 4) is 0 Å². The largest absolute Gasteiger partial charge is 0.479 e. The van der Waals surface area contributed by atoms with Crippen molar-refractivity contribution in [1.82, 2.24) is 0 Å². The Morgan fingerprint density at radius 2 is 1.46 bits per heavy atom. The van der Waals surface area contributed by atoms with Gasteiger partial charge in [-0.05, 0) is 55.6 Å². The fourth-order valence-electron chi connectivity index (χ4n) is 7.27. The van der Waals surface area contributed by atoms with Crippen LogP contribution in [-0.4, -0.2) is 98.8 Å². The minimum absolute atomic E-state index is 0.0119. The van der Waals surface area contributed by atoms with E-state index in [1.54, 1.807) is 0 Å². The molecule has 4 N–H and O–H groups in total. The van der Waals surface area contributed by atoms with Gasteiger partial charge < -0.3 is 44.1 Å². The van der Waals surface area contributed by atoms with Crippen LogP contribution < -0.4 is 0 Å². The first-order valence-electron chi connectivity index (χ1n) is 18.8. The second-order valence-corrected chi connectivity index (χ2v) is 14.2. The molecule has 2 saturated heterocycles. The number of ether oxygens (including phenoxy) is 5. The Morgan fingerprint density at radius 3 is 2.04 bits per heavy atom. The quantitative estimate of drug-likeness (QED) is 0.0739. The predicted octanol–water partition coefficient (Wildman–Crippen LogP) is 5.09. The molecule has 56 heavy (non-hydrogen) atoms. The highest BCUT2D eigenvalue weighted by atomic mass is 16.8. The summed E-state index contributed by atoms with van der Waals surface area (Å²) in [7, 11) is 0.871. The van der Waals surface area contributed by atoms with Crippen LogP contribution in [0.5, 0.6) is 0 Å². The summed E-state index contributed by atoms with van der Waals surface area (Å²) >= 11 is 0. The summed E-state index contributed by atoms with van der Waals surface area (Å²) in [5.41, 5.74) is -5.09. The van der Waals surface area contributed by atoms with Crippen LogP contribution in [0.15, 0.2) is 72.8 Å². The number of unbranched alkanes of at least 4 members (excludes halogenated alkanes) is 4. The van der Waals surface area contributed by atoms with E-state index in [1.165, 1.54) is 6.92 Å². The monoisotopic (exact) mass is 780 g/mol. The Hall–Kier alpha value is -4.89. The summed E-state index contributed by atoms with van der Waals surface area (Å²) < 4.78 is 27.3. The zero-order valence-electron chi connectivity index (χ0n) is 31.9. The number of carboxylic acids is 2. The minimum atomic E-state index is -3.73. The zero-order chi connectivity index (χ0) is 40.9. The molecule has 2 heterocycles.